The summed E-state index contributed by atoms with van der Waals surface area (Å²) < 4.78 is 5.45. The summed E-state index contributed by atoms with van der Waals surface area (Å²) in [5.41, 5.74) is 2.20. The van der Waals surface area contributed by atoms with Crippen LogP contribution in [0.2, 0.25) is 0 Å². The second kappa shape index (κ2) is 7.98. The fraction of sp³-hybridized carbons (Fsp3) is 0.474. The molecule has 1 aromatic rings. The number of carbonyl (C=O) groups excluding carboxylic acids is 1. The topological polar surface area (TPSA) is 74.2 Å². The number of rotatable bonds is 5. The van der Waals surface area contributed by atoms with Crippen molar-refractivity contribution >= 4 is 11.6 Å². The number of carbonyl (C=O) groups is 1. The number of anilines is 1. The van der Waals surface area contributed by atoms with Gasteiger partial charge in [-0.15, -0.1) is 0 Å². The molecule has 1 saturated heterocycles. The Morgan fingerprint density at radius 2 is 2.08 bits per heavy atom. The van der Waals surface area contributed by atoms with Crippen LogP contribution in [0, 0.1) is 11.3 Å². The highest BCUT2D eigenvalue weighted by molar-refractivity contribution is 5.97. The first-order valence-corrected chi connectivity index (χ1v) is 8.27. The van der Waals surface area contributed by atoms with Gasteiger partial charge >= 0.3 is 0 Å². The first-order valence-electron chi connectivity index (χ1n) is 8.27. The molecule has 1 heterocycles. The van der Waals surface area contributed by atoms with Crippen molar-refractivity contribution in [3.05, 3.63) is 41.6 Å². The second-order valence-electron chi connectivity index (χ2n) is 6.99. The van der Waals surface area contributed by atoms with Gasteiger partial charge < -0.3 is 15.4 Å². The fourth-order valence-electron chi connectivity index (χ4n) is 2.48. The SMILES string of the molecule is CC(C)(C)c1ccc(N/C=C(/C#N)C(=O)NCC2CCCO2)cc1. The van der Waals surface area contributed by atoms with Crippen molar-refractivity contribution < 1.29 is 9.53 Å². The van der Waals surface area contributed by atoms with Crippen molar-refractivity contribution in [1.82, 2.24) is 5.32 Å². The molecule has 1 amide bonds. The smallest absolute Gasteiger partial charge is 0.263 e. The minimum absolute atomic E-state index is 0.0490. The van der Waals surface area contributed by atoms with Gasteiger partial charge in [0.25, 0.3) is 5.91 Å². The average Bonchev–Trinajstić information content (AvgIpc) is 3.06. The second-order valence-corrected chi connectivity index (χ2v) is 6.99. The van der Waals surface area contributed by atoms with Crippen LogP contribution in [-0.2, 0) is 14.9 Å². The van der Waals surface area contributed by atoms with E-state index < -0.39 is 0 Å². The first-order chi connectivity index (χ1) is 11.4. The maximum atomic E-state index is 12.0. The molecule has 1 atom stereocenters. The molecule has 0 bridgehead atoms. The van der Waals surface area contributed by atoms with Gasteiger partial charge in [0.2, 0.25) is 0 Å². The lowest BCUT2D eigenvalue weighted by Gasteiger charge is -2.19. The summed E-state index contributed by atoms with van der Waals surface area (Å²) in [4.78, 5) is 12.0. The highest BCUT2D eigenvalue weighted by atomic mass is 16.5. The summed E-state index contributed by atoms with van der Waals surface area (Å²) in [6.07, 6.45) is 3.47. The van der Waals surface area contributed by atoms with Crippen LogP contribution in [0.3, 0.4) is 0 Å². The Balaban J connectivity index is 1.92. The molecule has 5 nitrogen and oxygen atoms in total. The predicted octanol–water partition coefficient (Wildman–Crippen LogP) is 3.10. The van der Waals surface area contributed by atoms with Gasteiger partial charge in [0.1, 0.15) is 11.6 Å². The Morgan fingerprint density at radius 3 is 2.62 bits per heavy atom. The summed E-state index contributed by atoms with van der Waals surface area (Å²) in [5, 5.41) is 14.9. The number of benzene rings is 1. The van der Waals surface area contributed by atoms with Crippen molar-refractivity contribution in [2.75, 3.05) is 18.5 Å². The van der Waals surface area contributed by atoms with Crippen LogP contribution in [0.5, 0.6) is 0 Å². The summed E-state index contributed by atoms with van der Waals surface area (Å²) in [5.74, 6) is -0.383. The highest BCUT2D eigenvalue weighted by Gasteiger charge is 2.17. The van der Waals surface area contributed by atoms with Crippen LogP contribution in [0.1, 0.15) is 39.2 Å². The number of hydrogen-bond donors (Lipinski definition) is 2. The van der Waals surface area contributed by atoms with Gasteiger partial charge in [-0.25, -0.2) is 0 Å². The zero-order valence-corrected chi connectivity index (χ0v) is 14.6. The molecule has 1 aliphatic heterocycles. The van der Waals surface area contributed by atoms with Crippen LogP contribution in [0.15, 0.2) is 36.0 Å². The number of amides is 1. The van der Waals surface area contributed by atoms with Gasteiger partial charge in [-0.1, -0.05) is 32.9 Å². The Hall–Kier alpha value is -2.32. The van der Waals surface area contributed by atoms with Crippen LogP contribution in [0.4, 0.5) is 5.69 Å². The third-order valence-corrected chi connectivity index (χ3v) is 4.01. The molecule has 5 heteroatoms. The fourth-order valence-corrected chi connectivity index (χ4v) is 2.48. The standard InChI is InChI=1S/C19H25N3O2/c1-19(2,3)15-6-8-16(9-7-15)21-12-14(11-20)18(23)22-13-17-5-4-10-24-17/h6-9,12,17,21H,4-5,10,13H2,1-3H3,(H,22,23)/b14-12-. The summed E-state index contributed by atoms with van der Waals surface area (Å²) in [7, 11) is 0. The molecule has 1 fully saturated rings. The lowest BCUT2D eigenvalue weighted by molar-refractivity contribution is -0.117. The molecule has 128 valence electrons. The van der Waals surface area contributed by atoms with Crippen LogP contribution < -0.4 is 10.6 Å². The number of ether oxygens (including phenoxy) is 1. The molecule has 1 aliphatic rings. The molecule has 0 radical (unpaired) electrons. The average molecular weight is 327 g/mol. The number of nitrogens with zero attached hydrogens (tertiary/aromatic N) is 1. The van der Waals surface area contributed by atoms with Gasteiger partial charge in [-0.05, 0) is 36.0 Å². The third-order valence-electron chi connectivity index (χ3n) is 4.01. The molecule has 1 unspecified atom stereocenters. The van der Waals surface area contributed by atoms with Crippen molar-refractivity contribution in [2.24, 2.45) is 0 Å². The molecular formula is C19H25N3O2. The molecule has 24 heavy (non-hydrogen) atoms. The van der Waals surface area contributed by atoms with Gasteiger partial charge in [0.15, 0.2) is 0 Å². The summed E-state index contributed by atoms with van der Waals surface area (Å²) in [6.45, 7) is 7.65. The van der Waals surface area contributed by atoms with Crippen LogP contribution in [-0.4, -0.2) is 25.2 Å². The molecule has 2 N–H and O–H groups in total. The Labute approximate surface area is 143 Å². The monoisotopic (exact) mass is 327 g/mol. The van der Waals surface area contributed by atoms with E-state index in [1.54, 1.807) is 0 Å². The quantitative estimate of drug-likeness (QED) is 0.644. The predicted molar refractivity (Wildman–Crippen MR) is 94.4 cm³/mol. The number of hydrogen-bond acceptors (Lipinski definition) is 4. The Morgan fingerprint density at radius 1 is 1.38 bits per heavy atom. The van der Waals surface area contributed by atoms with Gasteiger partial charge in [0.05, 0.1) is 6.10 Å². The Bertz CT molecular complexity index is 630. The van der Waals surface area contributed by atoms with Gasteiger partial charge in [-0.3, -0.25) is 4.79 Å². The van der Waals surface area contributed by atoms with Gasteiger partial charge in [-0.2, -0.15) is 5.26 Å². The van der Waals surface area contributed by atoms with Gasteiger partial charge in [0, 0.05) is 25.0 Å². The van der Waals surface area contributed by atoms with E-state index in [-0.39, 0.29) is 23.0 Å². The minimum Gasteiger partial charge on any atom is -0.376 e. The van der Waals surface area contributed by atoms with E-state index in [1.165, 1.54) is 11.8 Å². The number of nitrogens with one attached hydrogen (secondary N) is 2. The Kier molecular flexibility index (Phi) is 5.99. The molecular weight excluding hydrogens is 302 g/mol. The zero-order valence-electron chi connectivity index (χ0n) is 14.6. The van der Waals surface area contributed by atoms with Crippen LogP contribution >= 0.6 is 0 Å². The number of nitriles is 1. The molecule has 0 saturated carbocycles. The van der Waals surface area contributed by atoms with E-state index in [0.717, 1.165) is 25.1 Å². The zero-order chi connectivity index (χ0) is 17.6. The summed E-state index contributed by atoms with van der Waals surface area (Å²) in [6, 6.07) is 9.89. The van der Waals surface area contributed by atoms with E-state index in [2.05, 4.69) is 31.4 Å². The van der Waals surface area contributed by atoms with E-state index in [4.69, 9.17) is 10.00 Å². The van der Waals surface area contributed by atoms with E-state index in [9.17, 15) is 4.79 Å². The van der Waals surface area contributed by atoms with Crippen LogP contribution in [0.25, 0.3) is 0 Å². The lowest BCUT2D eigenvalue weighted by Crippen LogP contribution is -2.32. The summed E-state index contributed by atoms with van der Waals surface area (Å²) >= 11 is 0. The molecule has 0 aliphatic carbocycles. The molecule has 2 rings (SSSR count). The molecule has 0 aromatic heterocycles. The minimum atomic E-state index is -0.383. The first kappa shape index (κ1) is 18.0. The van der Waals surface area contributed by atoms with E-state index in [1.807, 2.05) is 30.3 Å². The molecule has 0 spiro atoms. The normalized spacial score (nSPS) is 18.1. The lowest BCUT2D eigenvalue weighted by atomic mass is 9.87. The largest absolute Gasteiger partial charge is 0.376 e. The van der Waals surface area contributed by atoms with Crippen molar-refractivity contribution in [3.8, 4) is 6.07 Å². The maximum absolute atomic E-state index is 12.0. The third kappa shape index (κ3) is 5.10. The van der Waals surface area contributed by atoms with Crippen molar-refractivity contribution in [1.29, 1.82) is 5.26 Å². The maximum Gasteiger partial charge on any atom is 0.263 e. The van der Waals surface area contributed by atoms with Crippen molar-refractivity contribution in [3.63, 3.8) is 0 Å². The van der Waals surface area contributed by atoms with Crippen molar-refractivity contribution in [2.45, 2.75) is 45.1 Å². The van der Waals surface area contributed by atoms with E-state index >= 15 is 0 Å². The molecule has 1 aromatic carbocycles. The highest BCUT2D eigenvalue weighted by Crippen LogP contribution is 2.23. The van der Waals surface area contributed by atoms with E-state index in [0.29, 0.717) is 6.54 Å².